The van der Waals surface area contributed by atoms with Crippen molar-refractivity contribution >= 4 is 34.5 Å². The lowest BCUT2D eigenvalue weighted by Gasteiger charge is -1.98. The molecular formula is C14H8Cl2N2S. The Kier molecular flexibility index (Phi) is 3.51. The van der Waals surface area contributed by atoms with Crippen molar-refractivity contribution in [2.24, 2.45) is 0 Å². The normalized spacial score (nSPS) is 10.6. The van der Waals surface area contributed by atoms with Crippen LogP contribution in [-0.4, -0.2) is 10.2 Å². The largest absolute Gasteiger partial charge is 0.149 e. The minimum Gasteiger partial charge on any atom is -0.138 e. The van der Waals surface area contributed by atoms with Crippen molar-refractivity contribution in [2.75, 3.05) is 0 Å². The molecule has 0 radical (unpaired) electrons. The van der Waals surface area contributed by atoms with Crippen molar-refractivity contribution in [1.29, 1.82) is 0 Å². The summed E-state index contributed by atoms with van der Waals surface area (Å²) in [6, 6.07) is 15.2. The Labute approximate surface area is 124 Å². The molecule has 0 unspecified atom stereocenters. The van der Waals surface area contributed by atoms with E-state index < -0.39 is 0 Å². The molecule has 0 aliphatic rings. The van der Waals surface area contributed by atoms with Crippen LogP contribution in [0.4, 0.5) is 0 Å². The molecule has 94 valence electrons. The Hall–Kier alpha value is -1.42. The average molecular weight is 307 g/mol. The summed E-state index contributed by atoms with van der Waals surface area (Å²) in [5.74, 6) is 0. The molecule has 0 bridgehead atoms. The maximum Gasteiger partial charge on any atom is 0.149 e. The standard InChI is InChI=1S/C14H8Cl2N2S/c15-11-7-3-1-5-9(11)13-17-18-14(19-13)10-6-2-4-8-12(10)16/h1-8H. The second-order valence-electron chi connectivity index (χ2n) is 3.87. The molecular weight excluding hydrogens is 299 g/mol. The first kappa shape index (κ1) is 12.6. The lowest BCUT2D eigenvalue weighted by atomic mass is 10.2. The number of nitrogens with zero attached hydrogens (tertiary/aromatic N) is 2. The monoisotopic (exact) mass is 306 g/mol. The van der Waals surface area contributed by atoms with Gasteiger partial charge in [-0.3, -0.25) is 0 Å². The molecule has 5 heteroatoms. The van der Waals surface area contributed by atoms with Crippen LogP contribution < -0.4 is 0 Å². The summed E-state index contributed by atoms with van der Waals surface area (Å²) in [6.07, 6.45) is 0. The molecule has 0 atom stereocenters. The first-order chi connectivity index (χ1) is 9.25. The van der Waals surface area contributed by atoms with E-state index in [2.05, 4.69) is 10.2 Å². The fourth-order valence-electron chi connectivity index (χ4n) is 1.71. The Balaban J connectivity index is 2.06. The van der Waals surface area contributed by atoms with E-state index in [4.69, 9.17) is 23.2 Å². The molecule has 0 fully saturated rings. The molecule has 0 N–H and O–H groups in total. The zero-order valence-corrected chi connectivity index (χ0v) is 12.0. The summed E-state index contributed by atoms with van der Waals surface area (Å²) < 4.78 is 0. The van der Waals surface area contributed by atoms with Gasteiger partial charge in [0.1, 0.15) is 10.0 Å². The Morgan fingerprint density at radius 2 is 1.11 bits per heavy atom. The summed E-state index contributed by atoms with van der Waals surface area (Å²) in [5.41, 5.74) is 1.78. The molecule has 3 aromatic rings. The minimum atomic E-state index is 0.671. The van der Waals surface area contributed by atoms with E-state index in [1.165, 1.54) is 11.3 Å². The molecule has 0 aliphatic carbocycles. The fraction of sp³-hybridized carbons (Fsp3) is 0. The maximum absolute atomic E-state index is 6.16. The van der Waals surface area contributed by atoms with Crippen molar-refractivity contribution in [3.8, 4) is 21.1 Å². The molecule has 1 aromatic heterocycles. The summed E-state index contributed by atoms with van der Waals surface area (Å²) >= 11 is 13.8. The Bertz CT molecular complexity index is 665. The number of hydrogen-bond acceptors (Lipinski definition) is 3. The zero-order chi connectivity index (χ0) is 13.2. The molecule has 0 aliphatic heterocycles. The van der Waals surface area contributed by atoms with Gasteiger partial charge in [0.15, 0.2) is 0 Å². The summed E-state index contributed by atoms with van der Waals surface area (Å²) in [4.78, 5) is 0. The highest BCUT2D eigenvalue weighted by atomic mass is 35.5. The average Bonchev–Trinajstić information content (AvgIpc) is 2.89. The van der Waals surface area contributed by atoms with Crippen LogP contribution >= 0.6 is 34.5 Å². The van der Waals surface area contributed by atoms with Crippen molar-refractivity contribution in [3.63, 3.8) is 0 Å². The van der Waals surface area contributed by atoms with Crippen LogP contribution in [0.25, 0.3) is 21.1 Å². The van der Waals surface area contributed by atoms with Crippen LogP contribution in [0, 0.1) is 0 Å². The van der Waals surface area contributed by atoms with E-state index >= 15 is 0 Å². The summed E-state index contributed by atoms with van der Waals surface area (Å²) in [5, 5.41) is 11.3. The highest BCUT2D eigenvalue weighted by molar-refractivity contribution is 7.18. The predicted molar refractivity (Wildman–Crippen MR) is 80.8 cm³/mol. The van der Waals surface area contributed by atoms with Gasteiger partial charge in [-0.25, -0.2) is 0 Å². The summed E-state index contributed by atoms with van der Waals surface area (Å²) in [7, 11) is 0. The third-order valence-corrected chi connectivity index (χ3v) is 4.28. The van der Waals surface area contributed by atoms with Gasteiger partial charge in [0, 0.05) is 11.1 Å². The zero-order valence-electron chi connectivity index (χ0n) is 9.68. The quantitative estimate of drug-likeness (QED) is 0.652. The van der Waals surface area contributed by atoms with Gasteiger partial charge in [0.05, 0.1) is 10.0 Å². The van der Waals surface area contributed by atoms with Gasteiger partial charge < -0.3 is 0 Å². The molecule has 0 spiro atoms. The highest BCUT2D eigenvalue weighted by Gasteiger charge is 2.12. The van der Waals surface area contributed by atoms with Crippen molar-refractivity contribution in [1.82, 2.24) is 10.2 Å². The molecule has 19 heavy (non-hydrogen) atoms. The third-order valence-electron chi connectivity index (χ3n) is 2.63. The van der Waals surface area contributed by atoms with E-state index in [0.29, 0.717) is 10.0 Å². The number of halogens is 2. The van der Waals surface area contributed by atoms with E-state index in [9.17, 15) is 0 Å². The number of benzene rings is 2. The van der Waals surface area contributed by atoms with Crippen LogP contribution in [0.3, 0.4) is 0 Å². The minimum absolute atomic E-state index is 0.671. The molecule has 1 heterocycles. The molecule has 0 saturated heterocycles. The molecule has 0 saturated carbocycles. The van der Waals surface area contributed by atoms with Crippen molar-refractivity contribution in [3.05, 3.63) is 58.6 Å². The first-order valence-electron chi connectivity index (χ1n) is 5.59. The van der Waals surface area contributed by atoms with E-state index in [0.717, 1.165) is 21.1 Å². The second kappa shape index (κ2) is 5.29. The SMILES string of the molecule is Clc1ccccc1-c1nnc(-c2ccccc2Cl)s1. The lowest BCUT2D eigenvalue weighted by Crippen LogP contribution is -1.78. The van der Waals surface area contributed by atoms with Crippen LogP contribution in [0.5, 0.6) is 0 Å². The molecule has 0 amide bonds. The summed E-state index contributed by atoms with van der Waals surface area (Å²) in [6.45, 7) is 0. The second-order valence-corrected chi connectivity index (χ2v) is 5.66. The molecule has 2 nitrogen and oxygen atoms in total. The number of rotatable bonds is 2. The van der Waals surface area contributed by atoms with Crippen LogP contribution in [0.2, 0.25) is 10.0 Å². The fourth-order valence-corrected chi connectivity index (χ4v) is 3.20. The lowest BCUT2D eigenvalue weighted by molar-refractivity contribution is 1.10. The first-order valence-corrected chi connectivity index (χ1v) is 7.16. The van der Waals surface area contributed by atoms with Gasteiger partial charge in [-0.15, -0.1) is 10.2 Å². The van der Waals surface area contributed by atoms with Gasteiger partial charge in [-0.05, 0) is 12.1 Å². The third kappa shape index (κ3) is 2.50. The van der Waals surface area contributed by atoms with Crippen LogP contribution in [0.1, 0.15) is 0 Å². The van der Waals surface area contributed by atoms with Crippen molar-refractivity contribution < 1.29 is 0 Å². The topological polar surface area (TPSA) is 25.8 Å². The van der Waals surface area contributed by atoms with E-state index in [1.807, 2.05) is 48.5 Å². The van der Waals surface area contributed by atoms with Crippen LogP contribution in [-0.2, 0) is 0 Å². The molecule has 2 aromatic carbocycles. The highest BCUT2D eigenvalue weighted by Crippen LogP contribution is 2.35. The van der Waals surface area contributed by atoms with Gasteiger partial charge in [-0.1, -0.05) is 70.9 Å². The smallest absolute Gasteiger partial charge is 0.138 e. The van der Waals surface area contributed by atoms with E-state index in [-0.39, 0.29) is 0 Å². The number of hydrogen-bond donors (Lipinski definition) is 0. The maximum atomic E-state index is 6.16. The molecule has 3 rings (SSSR count). The number of aromatic nitrogens is 2. The predicted octanol–water partition coefficient (Wildman–Crippen LogP) is 5.18. The Morgan fingerprint density at radius 1 is 0.684 bits per heavy atom. The van der Waals surface area contributed by atoms with Gasteiger partial charge in [0.2, 0.25) is 0 Å². The van der Waals surface area contributed by atoms with E-state index in [1.54, 1.807) is 0 Å². The van der Waals surface area contributed by atoms with Gasteiger partial charge >= 0.3 is 0 Å². The van der Waals surface area contributed by atoms with Crippen LogP contribution in [0.15, 0.2) is 48.5 Å². The Morgan fingerprint density at radius 3 is 1.53 bits per heavy atom. The van der Waals surface area contributed by atoms with Crippen molar-refractivity contribution in [2.45, 2.75) is 0 Å². The van der Waals surface area contributed by atoms with Gasteiger partial charge in [-0.2, -0.15) is 0 Å². The van der Waals surface area contributed by atoms with Gasteiger partial charge in [0.25, 0.3) is 0 Å².